The number of rotatable bonds is 0. The topological polar surface area (TPSA) is 33.0 Å². The second-order valence-corrected chi connectivity index (χ2v) is 0.204. The molecule has 0 amide bonds. The summed E-state index contributed by atoms with van der Waals surface area (Å²) in [5, 5.41) is 0. The molecule has 0 radical (unpaired) electrons. The molecule has 0 saturated heterocycles. The predicted molar refractivity (Wildman–Crippen MR) is 29.4 cm³/mol. The molecule has 0 unspecified atom stereocenters. The molecular weight excluding hydrogens is 116 g/mol. The van der Waals surface area contributed by atoms with Gasteiger partial charge in [0.05, 0.1) is 0 Å². The Morgan fingerprint density at radius 2 is 1.67 bits per heavy atom. The molecule has 0 aromatic rings. The van der Waals surface area contributed by atoms with Crippen LogP contribution in [0.15, 0.2) is 0 Å². The summed E-state index contributed by atoms with van der Waals surface area (Å²) in [4.78, 5) is 3.50. The molecule has 0 heterocycles. The Morgan fingerprint density at radius 1 is 1.67 bits per heavy atom. The minimum absolute atomic E-state index is 0. The standard InChI is InChI=1S/CH4NO.CH3.Al.ClH/c1-3-2;;;/h2H,1H3;1H3;;1H/q2*-1;+3;/p-1. The summed E-state index contributed by atoms with van der Waals surface area (Å²) in [6.45, 7) is 0. The normalized spacial score (nSPS) is 4.17. The van der Waals surface area contributed by atoms with Crippen molar-refractivity contribution in [3.05, 3.63) is 13.3 Å². The van der Waals surface area contributed by atoms with Gasteiger partial charge in [0.25, 0.3) is 0 Å². The predicted octanol–water partition coefficient (Wildman–Crippen LogP) is 1.36. The van der Waals surface area contributed by atoms with E-state index in [0.29, 0.717) is 0 Å². The summed E-state index contributed by atoms with van der Waals surface area (Å²) < 4.78 is 0. The van der Waals surface area contributed by atoms with Crippen molar-refractivity contribution in [2.75, 3.05) is 7.11 Å². The quantitative estimate of drug-likeness (QED) is 0.272. The molecule has 0 aliphatic rings. The van der Waals surface area contributed by atoms with E-state index in [0.717, 1.165) is 0 Å². The molecular formula is C2H7AlClNO. The van der Waals surface area contributed by atoms with E-state index < -0.39 is 0 Å². The Morgan fingerprint density at radius 3 is 1.67 bits per heavy atom. The van der Waals surface area contributed by atoms with Crippen LogP contribution in [0.25, 0.3) is 5.90 Å². The van der Waals surface area contributed by atoms with E-state index in [1.807, 2.05) is 15.4 Å². The van der Waals surface area contributed by atoms with Gasteiger partial charge in [-0.15, -0.1) is 0 Å². The second-order valence-electron chi connectivity index (χ2n) is 0.204. The van der Waals surface area contributed by atoms with Crippen LogP contribution in [-0.2, 0) is 4.84 Å². The summed E-state index contributed by atoms with van der Waals surface area (Å²) in [6.07, 6.45) is 0. The first-order valence-corrected chi connectivity index (χ1v) is 2.58. The van der Waals surface area contributed by atoms with Gasteiger partial charge in [-0.05, 0) is 0 Å². The molecule has 0 bridgehead atoms. The zero-order valence-corrected chi connectivity index (χ0v) is 5.77. The van der Waals surface area contributed by atoms with Crippen LogP contribution in [-0.4, -0.2) is 22.5 Å². The zero-order valence-electron chi connectivity index (χ0n) is 3.86. The average Bonchev–Trinajstić information content (AvgIpc) is 1.46. The minimum atomic E-state index is 0. The van der Waals surface area contributed by atoms with Gasteiger partial charge in [-0.25, -0.2) is 0 Å². The molecule has 0 aliphatic carbocycles. The van der Waals surface area contributed by atoms with Gasteiger partial charge < -0.3 is 18.2 Å². The minimum Gasteiger partial charge on any atom is -0.358 e. The monoisotopic (exact) mass is 123 g/mol. The second kappa shape index (κ2) is 42.5. The fourth-order valence-electron chi connectivity index (χ4n) is 0. The molecule has 6 heavy (non-hydrogen) atoms. The molecule has 0 spiro atoms. The van der Waals surface area contributed by atoms with Crippen molar-refractivity contribution in [2.24, 2.45) is 0 Å². The number of hydrogen-bond donors (Lipinski definition) is 0. The van der Waals surface area contributed by atoms with Gasteiger partial charge in [0.1, 0.15) is 0 Å². The number of nitrogens with one attached hydrogen (secondary N) is 1. The Hall–Kier alpha value is 0.742. The molecule has 0 aromatic heterocycles. The van der Waals surface area contributed by atoms with Gasteiger partial charge >= 0.3 is 25.4 Å². The summed E-state index contributed by atoms with van der Waals surface area (Å²) in [6, 6.07) is 0. The number of hydrogen-bond acceptors (Lipinski definition) is 1. The third-order valence-corrected chi connectivity index (χ3v) is 0. The Balaban J connectivity index is -0.0000000275. The van der Waals surface area contributed by atoms with Crippen LogP contribution in [0.5, 0.6) is 0 Å². The molecule has 4 heteroatoms. The van der Waals surface area contributed by atoms with Gasteiger partial charge in [-0.3, -0.25) is 0 Å². The van der Waals surface area contributed by atoms with E-state index in [1.54, 1.807) is 0 Å². The zero-order chi connectivity index (χ0) is 4.71. The maximum Gasteiger partial charge on any atom is -0.358 e. The molecule has 0 rings (SSSR count). The molecule has 0 saturated carbocycles. The Bertz CT molecular complexity index is 13.5. The first-order valence-electron chi connectivity index (χ1n) is 0.831. The molecule has 36 valence electrons. The van der Waals surface area contributed by atoms with Crippen LogP contribution in [0.3, 0.4) is 0 Å². The van der Waals surface area contributed by atoms with Gasteiger partial charge in [0.2, 0.25) is 0 Å². The van der Waals surface area contributed by atoms with E-state index in [9.17, 15) is 0 Å². The maximum absolute atomic E-state index is 5.71. The first-order chi connectivity index (χ1) is 2.41. The van der Waals surface area contributed by atoms with Gasteiger partial charge in [0, 0.05) is 7.11 Å². The van der Waals surface area contributed by atoms with Gasteiger partial charge in [0.15, 0.2) is 0 Å². The van der Waals surface area contributed by atoms with Crippen molar-refractivity contribution in [3.8, 4) is 0 Å². The van der Waals surface area contributed by atoms with Crippen molar-refractivity contribution in [3.63, 3.8) is 0 Å². The van der Waals surface area contributed by atoms with E-state index in [2.05, 4.69) is 14.9 Å². The Labute approximate surface area is 51.2 Å². The molecule has 0 aromatic carbocycles. The van der Waals surface area contributed by atoms with Crippen molar-refractivity contribution in [1.82, 2.24) is 0 Å². The summed E-state index contributed by atoms with van der Waals surface area (Å²) in [5.41, 5.74) is 0. The summed E-state index contributed by atoms with van der Waals surface area (Å²) in [5.74, 6) is 5.71. The molecule has 0 atom stereocenters. The summed E-state index contributed by atoms with van der Waals surface area (Å²) >= 11 is 1.89. The van der Waals surface area contributed by atoms with Crippen molar-refractivity contribution >= 4 is 25.4 Å². The van der Waals surface area contributed by atoms with Crippen molar-refractivity contribution in [1.29, 1.82) is 0 Å². The van der Waals surface area contributed by atoms with Crippen LogP contribution in [0.1, 0.15) is 0 Å². The summed E-state index contributed by atoms with van der Waals surface area (Å²) in [7, 11) is 5.85. The third-order valence-electron chi connectivity index (χ3n) is 0. The first kappa shape index (κ1) is 15.9. The van der Waals surface area contributed by atoms with Crippen LogP contribution >= 0.6 is 10.0 Å². The van der Waals surface area contributed by atoms with Crippen molar-refractivity contribution < 1.29 is 4.84 Å². The largest absolute Gasteiger partial charge is 0.358 e. The molecule has 0 fully saturated rings. The van der Waals surface area contributed by atoms with Gasteiger partial charge in [-0.2, -0.15) is 0 Å². The van der Waals surface area contributed by atoms with Crippen LogP contribution < -0.4 is 0 Å². The molecule has 1 N–H and O–H groups in total. The van der Waals surface area contributed by atoms with Crippen molar-refractivity contribution in [2.45, 2.75) is 0 Å². The van der Waals surface area contributed by atoms with E-state index >= 15 is 0 Å². The van der Waals surface area contributed by atoms with Crippen LogP contribution in [0.4, 0.5) is 0 Å². The fourth-order valence-corrected chi connectivity index (χ4v) is 0. The Kier molecular flexibility index (Phi) is 113. The van der Waals surface area contributed by atoms with E-state index in [4.69, 9.17) is 5.90 Å². The average molecular weight is 124 g/mol. The van der Waals surface area contributed by atoms with E-state index in [-0.39, 0.29) is 7.43 Å². The molecule has 0 aliphatic heterocycles. The number of halogens is 1. The molecule has 2 nitrogen and oxygen atoms in total. The van der Waals surface area contributed by atoms with Crippen LogP contribution in [0.2, 0.25) is 0 Å². The fraction of sp³-hybridized carbons (Fsp3) is 0.500. The third kappa shape index (κ3) is 120. The SMILES string of the molecule is CO[NH-].[Al+2][Cl].[CH3-]. The maximum atomic E-state index is 5.71. The smallest absolute Gasteiger partial charge is 0.358 e. The van der Waals surface area contributed by atoms with E-state index in [1.165, 1.54) is 7.11 Å². The van der Waals surface area contributed by atoms with Gasteiger partial charge in [-0.1, -0.05) is 0 Å². The van der Waals surface area contributed by atoms with Crippen LogP contribution in [0, 0.1) is 7.43 Å².